The van der Waals surface area contributed by atoms with E-state index in [2.05, 4.69) is 15.0 Å². The van der Waals surface area contributed by atoms with E-state index >= 15 is 0 Å². The molecule has 0 spiro atoms. The van der Waals surface area contributed by atoms with Crippen molar-refractivity contribution in [2.45, 2.75) is 33.0 Å². The summed E-state index contributed by atoms with van der Waals surface area (Å²) in [7, 11) is 0. The number of carbonyl (C=O) groups excluding carboxylic acids is 1. The van der Waals surface area contributed by atoms with Gasteiger partial charge in [-0.2, -0.15) is 8.78 Å². The first kappa shape index (κ1) is 20.2. The molecule has 0 radical (unpaired) electrons. The van der Waals surface area contributed by atoms with Crippen LogP contribution in [0.15, 0.2) is 52.1 Å². The van der Waals surface area contributed by atoms with Crippen molar-refractivity contribution in [1.29, 1.82) is 0 Å². The topological polar surface area (TPSA) is 93.2 Å². The van der Waals surface area contributed by atoms with E-state index in [4.69, 9.17) is 0 Å². The molecule has 0 fully saturated rings. The van der Waals surface area contributed by atoms with Gasteiger partial charge in [-0.1, -0.05) is 12.1 Å². The molecule has 29 heavy (non-hydrogen) atoms. The Labute approximate surface area is 163 Å². The molecule has 152 valence electrons. The van der Waals surface area contributed by atoms with Crippen molar-refractivity contribution in [3.63, 3.8) is 0 Å². The second-order valence-corrected chi connectivity index (χ2v) is 6.39. The Bertz CT molecular complexity index is 1170. The normalized spacial score (nSPS) is 12.2. The van der Waals surface area contributed by atoms with Gasteiger partial charge in [-0.05, 0) is 49.7 Å². The molecule has 0 aliphatic rings. The van der Waals surface area contributed by atoms with Crippen molar-refractivity contribution in [2.24, 2.45) is 0 Å². The Morgan fingerprint density at radius 2 is 1.97 bits per heavy atom. The number of carbonyl (C=O) groups is 1. The van der Waals surface area contributed by atoms with Gasteiger partial charge in [0.2, 0.25) is 0 Å². The van der Waals surface area contributed by atoms with Crippen molar-refractivity contribution in [1.82, 2.24) is 14.9 Å². The number of rotatable bonds is 6. The summed E-state index contributed by atoms with van der Waals surface area (Å²) >= 11 is 0. The average Bonchev–Trinajstić information content (AvgIpc) is 2.67. The van der Waals surface area contributed by atoms with E-state index in [0.717, 1.165) is 4.57 Å². The van der Waals surface area contributed by atoms with Crippen molar-refractivity contribution in [3.8, 4) is 5.75 Å². The van der Waals surface area contributed by atoms with E-state index in [9.17, 15) is 23.2 Å². The van der Waals surface area contributed by atoms with Crippen molar-refractivity contribution < 1.29 is 18.3 Å². The van der Waals surface area contributed by atoms with Gasteiger partial charge < -0.3 is 15.0 Å². The lowest BCUT2D eigenvalue weighted by Crippen LogP contribution is -2.34. The maximum absolute atomic E-state index is 12.6. The Kier molecular flexibility index (Phi) is 5.76. The highest BCUT2D eigenvalue weighted by atomic mass is 19.3. The highest BCUT2D eigenvalue weighted by molar-refractivity contribution is 5.97. The Hall–Kier alpha value is -3.49. The van der Waals surface area contributed by atoms with Gasteiger partial charge in [0.15, 0.2) is 0 Å². The molecule has 0 aliphatic heterocycles. The van der Waals surface area contributed by atoms with Crippen LogP contribution in [0.25, 0.3) is 10.9 Å². The number of benzene rings is 2. The minimum absolute atomic E-state index is 0.00548. The number of ether oxygens (including phenoxy) is 1. The van der Waals surface area contributed by atoms with E-state index < -0.39 is 29.8 Å². The third kappa shape index (κ3) is 4.34. The van der Waals surface area contributed by atoms with Crippen LogP contribution in [0.1, 0.15) is 35.8 Å². The lowest BCUT2D eigenvalue weighted by molar-refractivity contribution is -0.0499. The van der Waals surface area contributed by atoms with Gasteiger partial charge >= 0.3 is 12.3 Å². The van der Waals surface area contributed by atoms with Crippen molar-refractivity contribution >= 4 is 16.8 Å². The van der Waals surface area contributed by atoms with Crippen LogP contribution in [-0.2, 0) is 6.54 Å². The minimum Gasteiger partial charge on any atom is -0.435 e. The molecule has 9 heteroatoms. The summed E-state index contributed by atoms with van der Waals surface area (Å²) in [6, 6.07) is 9.94. The van der Waals surface area contributed by atoms with E-state index in [-0.39, 0.29) is 23.4 Å². The number of hydrogen-bond acceptors (Lipinski definition) is 4. The van der Waals surface area contributed by atoms with Gasteiger partial charge in [0.05, 0.1) is 16.9 Å². The predicted molar refractivity (Wildman–Crippen MR) is 103 cm³/mol. The number of nitrogens with one attached hydrogen (secondary N) is 2. The highest BCUT2D eigenvalue weighted by Gasteiger charge is 2.15. The zero-order chi connectivity index (χ0) is 21.1. The molecule has 2 N–H and O–H groups in total. The molecular weight excluding hydrogens is 384 g/mol. The molecule has 7 nitrogen and oxygen atoms in total. The molecule has 0 bridgehead atoms. The van der Waals surface area contributed by atoms with Crippen LogP contribution in [0.2, 0.25) is 0 Å². The number of alkyl halides is 2. The largest absolute Gasteiger partial charge is 0.435 e. The maximum atomic E-state index is 12.6. The molecule has 0 aliphatic carbocycles. The number of fused-ring (bicyclic) bond motifs is 1. The summed E-state index contributed by atoms with van der Waals surface area (Å²) in [6.45, 7) is 0.681. The number of amides is 1. The Balaban J connectivity index is 1.84. The van der Waals surface area contributed by atoms with Crippen molar-refractivity contribution in [3.05, 3.63) is 74.4 Å². The number of halogens is 2. The molecule has 1 atom stereocenters. The Morgan fingerprint density at radius 3 is 2.66 bits per heavy atom. The van der Waals surface area contributed by atoms with E-state index in [1.54, 1.807) is 26.0 Å². The third-order valence-electron chi connectivity index (χ3n) is 4.49. The molecule has 1 heterocycles. The van der Waals surface area contributed by atoms with E-state index in [1.807, 2.05) is 0 Å². The molecule has 1 aromatic heterocycles. The molecule has 3 rings (SSSR count). The monoisotopic (exact) mass is 403 g/mol. The first-order valence-electron chi connectivity index (χ1n) is 8.92. The molecular formula is C20H19F2N3O4. The molecule has 1 unspecified atom stereocenters. The van der Waals surface area contributed by atoms with Crippen LogP contribution in [0.5, 0.6) is 5.75 Å². The van der Waals surface area contributed by atoms with Crippen LogP contribution >= 0.6 is 0 Å². The average molecular weight is 403 g/mol. The lowest BCUT2D eigenvalue weighted by atomic mass is 10.1. The van der Waals surface area contributed by atoms with Gasteiger partial charge in [-0.25, -0.2) is 4.79 Å². The van der Waals surface area contributed by atoms with E-state index in [1.165, 1.54) is 30.3 Å². The molecule has 0 saturated carbocycles. The Morgan fingerprint density at radius 1 is 1.21 bits per heavy atom. The summed E-state index contributed by atoms with van der Waals surface area (Å²) in [5, 5.41) is 3.05. The number of nitrogens with zero attached hydrogens (tertiary/aromatic N) is 1. The molecule has 1 amide bonds. The second kappa shape index (κ2) is 8.26. The van der Waals surface area contributed by atoms with Crippen molar-refractivity contribution in [2.75, 3.05) is 0 Å². The summed E-state index contributed by atoms with van der Waals surface area (Å²) in [5.74, 6) is -0.450. The first-order chi connectivity index (χ1) is 13.8. The zero-order valence-electron chi connectivity index (χ0n) is 15.7. The molecule has 0 saturated heterocycles. The van der Waals surface area contributed by atoms with Crippen LogP contribution in [-0.4, -0.2) is 22.1 Å². The van der Waals surface area contributed by atoms with Gasteiger partial charge in [-0.15, -0.1) is 0 Å². The van der Waals surface area contributed by atoms with E-state index in [0.29, 0.717) is 10.9 Å². The van der Waals surface area contributed by atoms with Crippen LogP contribution in [0, 0.1) is 0 Å². The summed E-state index contributed by atoms with van der Waals surface area (Å²) in [6.07, 6.45) is 0. The zero-order valence-corrected chi connectivity index (χ0v) is 15.7. The molecule has 3 aromatic rings. The van der Waals surface area contributed by atoms with Gasteiger partial charge in [0.25, 0.3) is 11.5 Å². The fourth-order valence-electron chi connectivity index (χ4n) is 3.01. The number of aromatic amines is 1. The minimum atomic E-state index is -2.94. The lowest BCUT2D eigenvalue weighted by Gasteiger charge is -2.16. The third-order valence-corrected chi connectivity index (χ3v) is 4.49. The fourth-order valence-corrected chi connectivity index (χ4v) is 3.01. The standard InChI is InChI=1S/C20H19F2N3O4/c1-3-25-18(27)15-8-7-13(10-16(15)24-20(25)28)17(26)23-11(2)12-5-4-6-14(9-12)29-19(21)22/h4-11,19H,3H2,1-2H3,(H,23,26)(H,24,28). The maximum Gasteiger partial charge on any atom is 0.387 e. The summed E-state index contributed by atoms with van der Waals surface area (Å²) in [4.78, 5) is 39.5. The van der Waals surface area contributed by atoms with Crippen LogP contribution < -0.4 is 21.3 Å². The smallest absolute Gasteiger partial charge is 0.387 e. The van der Waals surface area contributed by atoms with Crippen LogP contribution in [0.3, 0.4) is 0 Å². The summed E-state index contributed by atoms with van der Waals surface area (Å²) < 4.78 is 30.2. The van der Waals surface area contributed by atoms with Gasteiger partial charge in [-0.3, -0.25) is 14.2 Å². The van der Waals surface area contributed by atoms with Gasteiger partial charge in [0.1, 0.15) is 5.75 Å². The predicted octanol–water partition coefficient (Wildman–Crippen LogP) is 2.80. The number of hydrogen-bond donors (Lipinski definition) is 2. The SMILES string of the molecule is CCn1c(=O)[nH]c2cc(C(=O)NC(C)c3cccc(OC(F)F)c3)ccc2c1=O. The number of H-pyrrole nitrogens is 1. The first-order valence-corrected chi connectivity index (χ1v) is 8.92. The second-order valence-electron chi connectivity index (χ2n) is 6.39. The quantitative estimate of drug-likeness (QED) is 0.662. The fraction of sp³-hybridized carbons (Fsp3) is 0.250. The van der Waals surface area contributed by atoms with Crippen LogP contribution in [0.4, 0.5) is 8.78 Å². The molecule has 2 aromatic carbocycles. The number of aromatic nitrogens is 2. The highest BCUT2D eigenvalue weighted by Crippen LogP contribution is 2.21. The van der Waals surface area contributed by atoms with Gasteiger partial charge in [0, 0.05) is 12.1 Å². The summed E-state index contributed by atoms with van der Waals surface area (Å²) in [5.41, 5.74) is 0.108.